The average molecular weight is 599 g/mol. The summed E-state index contributed by atoms with van der Waals surface area (Å²) in [6.45, 7) is 1.72. The Morgan fingerprint density at radius 2 is 1.67 bits per heavy atom. The molecule has 39 heavy (non-hydrogen) atoms. The summed E-state index contributed by atoms with van der Waals surface area (Å²) >= 11 is 12.8. The maximum atomic E-state index is 13.8. The fourth-order valence-electron chi connectivity index (χ4n) is 4.81. The summed E-state index contributed by atoms with van der Waals surface area (Å²) in [5.74, 6) is -0.0196. The van der Waals surface area contributed by atoms with Gasteiger partial charge in [0, 0.05) is 34.3 Å². The lowest BCUT2D eigenvalue weighted by atomic mass is 9.95. The number of benzene rings is 2. The van der Waals surface area contributed by atoms with Crippen molar-refractivity contribution in [1.82, 2.24) is 10.2 Å². The summed E-state index contributed by atoms with van der Waals surface area (Å²) in [5.41, 5.74) is 0.710. The molecule has 0 radical (unpaired) electrons. The normalized spacial score (nSPS) is 16.3. The molecule has 12 heteroatoms. The van der Waals surface area contributed by atoms with Crippen LogP contribution in [0.3, 0.4) is 0 Å². The van der Waals surface area contributed by atoms with E-state index < -0.39 is 28.5 Å². The average Bonchev–Trinajstić information content (AvgIpc) is 2.90. The minimum atomic E-state index is -3.89. The molecular weight excluding hydrogens is 565 g/mol. The summed E-state index contributed by atoms with van der Waals surface area (Å²) in [7, 11) is -3.89. The van der Waals surface area contributed by atoms with Crippen molar-refractivity contribution in [2.24, 2.45) is 0 Å². The molecule has 1 fully saturated rings. The smallest absolute Gasteiger partial charge is 0.244 e. The van der Waals surface area contributed by atoms with Crippen LogP contribution in [0.1, 0.15) is 44.6 Å². The van der Waals surface area contributed by atoms with Crippen LogP contribution in [-0.2, 0) is 26.2 Å². The molecule has 0 bridgehead atoms. The minimum Gasteiger partial charge on any atom is -0.486 e. The highest BCUT2D eigenvalue weighted by atomic mass is 35.5. The molecule has 2 aromatic rings. The van der Waals surface area contributed by atoms with Crippen molar-refractivity contribution in [3.63, 3.8) is 0 Å². The first kappa shape index (κ1) is 29.3. The Bertz CT molecular complexity index is 1300. The first-order valence-electron chi connectivity index (χ1n) is 12.9. The highest BCUT2D eigenvalue weighted by Crippen LogP contribution is 2.35. The van der Waals surface area contributed by atoms with Crippen molar-refractivity contribution in [1.29, 1.82) is 0 Å². The van der Waals surface area contributed by atoms with E-state index in [1.807, 2.05) is 0 Å². The molecule has 2 aliphatic rings. The van der Waals surface area contributed by atoms with Crippen LogP contribution >= 0.6 is 23.2 Å². The molecule has 1 aliphatic carbocycles. The lowest BCUT2D eigenvalue weighted by Crippen LogP contribution is -2.53. The summed E-state index contributed by atoms with van der Waals surface area (Å²) in [6, 6.07) is 8.80. The van der Waals surface area contributed by atoms with Crippen LogP contribution in [0.15, 0.2) is 36.4 Å². The number of fused-ring (bicyclic) bond motifs is 1. The molecule has 0 aromatic heterocycles. The zero-order valence-corrected chi connectivity index (χ0v) is 24.3. The number of carbonyl (C=O) groups is 2. The van der Waals surface area contributed by atoms with Crippen molar-refractivity contribution < 1.29 is 27.5 Å². The quantitative estimate of drug-likeness (QED) is 0.459. The lowest BCUT2D eigenvalue weighted by Gasteiger charge is -2.33. The number of anilines is 1. The lowest BCUT2D eigenvalue weighted by molar-refractivity contribution is -0.139. The molecule has 1 saturated carbocycles. The monoisotopic (exact) mass is 597 g/mol. The summed E-state index contributed by atoms with van der Waals surface area (Å²) in [6.07, 6.45) is 6.00. The number of ether oxygens (including phenoxy) is 2. The summed E-state index contributed by atoms with van der Waals surface area (Å²) in [5, 5.41) is 3.74. The predicted octanol–water partition coefficient (Wildman–Crippen LogP) is 4.40. The number of hydrogen-bond donors (Lipinski definition) is 1. The number of nitrogens with one attached hydrogen (secondary N) is 1. The number of hydrogen-bond acceptors (Lipinski definition) is 6. The van der Waals surface area contributed by atoms with Crippen LogP contribution in [0.5, 0.6) is 11.5 Å². The van der Waals surface area contributed by atoms with Gasteiger partial charge in [-0.15, -0.1) is 0 Å². The Balaban J connectivity index is 1.62. The molecular formula is C27H33Cl2N3O6S. The Kier molecular flexibility index (Phi) is 9.51. The highest BCUT2D eigenvalue weighted by Gasteiger charge is 2.32. The third-order valence-electron chi connectivity index (χ3n) is 7.00. The van der Waals surface area contributed by atoms with Gasteiger partial charge in [0.2, 0.25) is 21.8 Å². The number of carbonyl (C=O) groups excluding carboxylic acids is 2. The van der Waals surface area contributed by atoms with Gasteiger partial charge in [0.1, 0.15) is 25.8 Å². The predicted molar refractivity (Wildman–Crippen MR) is 151 cm³/mol. The largest absolute Gasteiger partial charge is 0.486 e. The van der Waals surface area contributed by atoms with E-state index in [1.165, 1.54) is 11.0 Å². The molecule has 1 N–H and O–H groups in total. The topological polar surface area (TPSA) is 105 Å². The maximum Gasteiger partial charge on any atom is 0.244 e. The first-order valence-corrected chi connectivity index (χ1v) is 15.5. The summed E-state index contributed by atoms with van der Waals surface area (Å²) in [4.78, 5) is 28.4. The van der Waals surface area contributed by atoms with Crippen LogP contribution in [0.25, 0.3) is 0 Å². The minimum absolute atomic E-state index is 0.0415. The molecule has 9 nitrogen and oxygen atoms in total. The van der Waals surface area contributed by atoms with E-state index in [-0.39, 0.29) is 24.2 Å². The molecule has 212 valence electrons. The molecule has 2 aromatic carbocycles. The van der Waals surface area contributed by atoms with Crippen molar-refractivity contribution in [3.8, 4) is 11.5 Å². The Morgan fingerprint density at radius 3 is 2.31 bits per heavy atom. The number of nitrogens with zero attached hydrogens (tertiary/aromatic N) is 2. The van der Waals surface area contributed by atoms with E-state index in [1.54, 1.807) is 37.3 Å². The van der Waals surface area contributed by atoms with Gasteiger partial charge in [-0.2, -0.15) is 0 Å². The van der Waals surface area contributed by atoms with Crippen LogP contribution in [0.4, 0.5) is 5.69 Å². The Labute approximate surface area is 239 Å². The van der Waals surface area contributed by atoms with Gasteiger partial charge in [0.15, 0.2) is 11.5 Å². The van der Waals surface area contributed by atoms with Crippen molar-refractivity contribution in [3.05, 3.63) is 52.0 Å². The fraction of sp³-hybridized carbons (Fsp3) is 0.481. The van der Waals surface area contributed by atoms with Gasteiger partial charge in [-0.05, 0) is 44.0 Å². The molecule has 0 saturated heterocycles. The van der Waals surface area contributed by atoms with Crippen LogP contribution in [-0.4, -0.2) is 63.2 Å². The fourth-order valence-corrected chi connectivity index (χ4v) is 6.16. The van der Waals surface area contributed by atoms with Crippen LogP contribution in [0, 0.1) is 0 Å². The second kappa shape index (κ2) is 12.7. The highest BCUT2D eigenvalue weighted by molar-refractivity contribution is 7.92. The van der Waals surface area contributed by atoms with Crippen molar-refractivity contribution >= 4 is 50.7 Å². The van der Waals surface area contributed by atoms with Gasteiger partial charge in [0.05, 0.1) is 11.9 Å². The van der Waals surface area contributed by atoms with Gasteiger partial charge >= 0.3 is 0 Å². The van der Waals surface area contributed by atoms with E-state index in [4.69, 9.17) is 32.7 Å². The van der Waals surface area contributed by atoms with Gasteiger partial charge < -0.3 is 19.7 Å². The van der Waals surface area contributed by atoms with Crippen LogP contribution in [0.2, 0.25) is 10.0 Å². The van der Waals surface area contributed by atoms with Crippen LogP contribution < -0.4 is 19.1 Å². The second-order valence-electron chi connectivity index (χ2n) is 9.84. The second-order valence-corrected chi connectivity index (χ2v) is 12.6. The number of halogens is 2. The Hall–Kier alpha value is -2.69. The van der Waals surface area contributed by atoms with E-state index in [0.717, 1.165) is 42.7 Å². The number of rotatable bonds is 9. The molecule has 0 spiro atoms. The third-order valence-corrected chi connectivity index (χ3v) is 8.85. The molecule has 1 heterocycles. The Morgan fingerprint density at radius 1 is 1.03 bits per heavy atom. The van der Waals surface area contributed by atoms with Crippen molar-refractivity contribution in [2.75, 3.05) is 30.3 Å². The third kappa shape index (κ3) is 7.29. The van der Waals surface area contributed by atoms with Gasteiger partial charge in [-0.1, -0.05) is 48.5 Å². The van der Waals surface area contributed by atoms with E-state index in [9.17, 15) is 18.0 Å². The van der Waals surface area contributed by atoms with Gasteiger partial charge in [-0.3, -0.25) is 13.9 Å². The molecule has 1 atom stereocenters. The van der Waals surface area contributed by atoms with Gasteiger partial charge in [-0.25, -0.2) is 8.42 Å². The van der Waals surface area contributed by atoms with E-state index in [2.05, 4.69) is 5.32 Å². The van der Waals surface area contributed by atoms with Crippen molar-refractivity contribution in [2.45, 2.75) is 57.7 Å². The maximum absolute atomic E-state index is 13.8. The van der Waals surface area contributed by atoms with E-state index >= 15 is 0 Å². The van der Waals surface area contributed by atoms with E-state index in [0.29, 0.717) is 40.3 Å². The summed E-state index contributed by atoms with van der Waals surface area (Å²) < 4.78 is 37.8. The zero-order valence-electron chi connectivity index (χ0n) is 22.0. The first-order chi connectivity index (χ1) is 18.5. The zero-order chi connectivity index (χ0) is 28.2. The number of amides is 2. The number of sulfonamides is 1. The van der Waals surface area contributed by atoms with Gasteiger partial charge in [0.25, 0.3) is 0 Å². The molecule has 1 aliphatic heterocycles. The molecule has 0 unspecified atom stereocenters. The SMILES string of the molecule is C[C@@H](C(=O)NC1CCCCC1)N(Cc1c(Cl)cccc1Cl)C(=O)CN(c1ccc2c(c1)OCCO2)S(C)(=O)=O. The molecule has 2 amide bonds. The standard InChI is InChI=1S/C27H33Cl2N3O6S/c1-18(27(34)30-19-7-4-3-5-8-19)31(16-21-22(28)9-6-10-23(21)29)26(33)17-32(39(2,35)36)20-11-12-24-25(15-20)38-14-13-37-24/h6,9-12,15,18-19H,3-5,7-8,13-14,16-17H2,1-2H3,(H,30,34)/t18-/m0/s1. The molecule has 4 rings (SSSR count).